The average Bonchev–Trinajstić information content (AvgIpc) is 3.21. The largest absolute Gasteiger partial charge is 0.425 e. The Hall–Kier alpha value is -3.43. The van der Waals surface area contributed by atoms with Crippen molar-refractivity contribution in [3.8, 4) is 0 Å². The third kappa shape index (κ3) is 4.68. The summed E-state index contributed by atoms with van der Waals surface area (Å²) < 4.78 is 59.6. The molecular weight excluding hydrogens is 538 g/mol. The number of aliphatic hydroxyl groups is 1. The fourth-order valence-electron chi connectivity index (χ4n) is 4.15. The molecule has 0 fully saturated rings. The van der Waals surface area contributed by atoms with Crippen molar-refractivity contribution >= 4 is 44.4 Å². The molecule has 0 amide bonds. The summed E-state index contributed by atoms with van der Waals surface area (Å²) in [5.41, 5.74) is -2.59. The first kappa shape index (κ1) is 25.7. The molecule has 1 heterocycles. The molecule has 0 aliphatic rings. The Bertz CT molecular complexity index is 1430. The van der Waals surface area contributed by atoms with Crippen LogP contribution >= 0.6 is 15.9 Å². The zero-order valence-corrected chi connectivity index (χ0v) is 20.5. The summed E-state index contributed by atoms with van der Waals surface area (Å²) in [7, 11) is 0. The Balaban J connectivity index is 1.87. The number of nitrogens with zero attached hydrogens (tertiary/aromatic N) is 1. The van der Waals surface area contributed by atoms with Gasteiger partial charge in [0.15, 0.2) is 0 Å². The van der Waals surface area contributed by atoms with Crippen LogP contribution in [0, 0.1) is 11.2 Å². The van der Waals surface area contributed by atoms with Gasteiger partial charge in [0.1, 0.15) is 5.82 Å². The lowest BCUT2D eigenvalue weighted by molar-refractivity contribution is -0.247. The van der Waals surface area contributed by atoms with Crippen molar-refractivity contribution in [3.05, 3.63) is 106 Å². The molecule has 0 spiro atoms. The maximum Gasteiger partial charge on any atom is 0.425 e. The van der Waals surface area contributed by atoms with Gasteiger partial charge in [-0.2, -0.15) is 13.2 Å². The number of fused-ring (bicyclic) bond motifs is 1. The zero-order valence-electron chi connectivity index (χ0n) is 18.9. The summed E-state index contributed by atoms with van der Waals surface area (Å²) >= 11 is 3.37. The van der Waals surface area contributed by atoms with E-state index in [4.69, 9.17) is 5.41 Å². The van der Waals surface area contributed by atoms with Gasteiger partial charge in [0.2, 0.25) is 5.60 Å². The maximum atomic E-state index is 14.7. The normalized spacial score (nSPS) is 13.4. The molecule has 1 aromatic heterocycles. The van der Waals surface area contributed by atoms with Gasteiger partial charge in [0, 0.05) is 56.8 Å². The lowest BCUT2D eigenvalue weighted by Crippen LogP contribution is -2.43. The molecule has 0 bridgehead atoms. The fraction of sp³-hybridized carbons (Fsp3) is 0.148. The fourth-order valence-corrected chi connectivity index (χ4v) is 4.50. The summed E-state index contributed by atoms with van der Waals surface area (Å²) in [6.07, 6.45) is -0.646. The summed E-state index contributed by atoms with van der Waals surface area (Å²) in [5.74, 6) is -0.433. The first-order valence-electron chi connectivity index (χ1n) is 10.9. The Morgan fingerprint density at radius 2 is 1.78 bits per heavy atom. The minimum Gasteiger partial charge on any atom is -0.372 e. The molecule has 1 unspecified atom stereocenters. The summed E-state index contributed by atoms with van der Waals surface area (Å²) in [5, 5.41) is 22.4. The molecule has 0 aliphatic carbocycles. The highest BCUT2D eigenvalue weighted by Gasteiger charge is 2.57. The second kappa shape index (κ2) is 9.91. The number of aryl methyl sites for hydroxylation is 1. The van der Waals surface area contributed by atoms with Gasteiger partial charge < -0.3 is 20.4 Å². The van der Waals surface area contributed by atoms with E-state index in [2.05, 4.69) is 27.8 Å². The van der Waals surface area contributed by atoms with Gasteiger partial charge in [0.05, 0.1) is 0 Å². The van der Waals surface area contributed by atoms with Gasteiger partial charge in [-0.1, -0.05) is 34.1 Å². The van der Waals surface area contributed by atoms with Crippen LogP contribution in [-0.4, -0.2) is 22.1 Å². The van der Waals surface area contributed by atoms with Gasteiger partial charge in [-0.25, -0.2) is 4.39 Å². The van der Waals surface area contributed by atoms with Crippen molar-refractivity contribution in [3.63, 3.8) is 0 Å². The number of rotatable bonds is 8. The van der Waals surface area contributed by atoms with Crippen molar-refractivity contribution in [1.29, 1.82) is 5.41 Å². The van der Waals surface area contributed by atoms with Crippen molar-refractivity contribution < 1.29 is 22.7 Å². The van der Waals surface area contributed by atoms with Crippen LogP contribution in [0.4, 0.5) is 28.9 Å². The zero-order chi connectivity index (χ0) is 26.1. The van der Waals surface area contributed by atoms with Gasteiger partial charge in [-0.05, 0) is 60.5 Å². The molecule has 4 aromatic rings. The second-order valence-corrected chi connectivity index (χ2v) is 9.18. The molecule has 9 heteroatoms. The second-order valence-electron chi connectivity index (χ2n) is 8.26. The van der Waals surface area contributed by atoms with E-state index >= 15 is 0 Å². The highest BCUT2D eigenvalue weighted by molar-refractivity contribution is 9.10. The molecule has 36 heavy (non-hydrogen) atoms. The molecule has 1 atom stereocenters. The van der Waals surface area contributed by atoms with E-state index < -0.39 is 23.2 Å². The monoisotopic (exact) mass is 559 g/mol. The Morgan fingerprint density at radius 1 is 1.06 bits per heavy atom. The van der Waals surface area contributed by atoms with Crippen LogP contribution in [0.15, 0.2) is 84.0 Å². The van der Waals surface area contributed by atoms with E-state index in [1.165, 1.54) is 48.7 Å². The van der Waals surface area contributed by atoms with Crippen LogP contribution in [0.2, 0.25) is 0 Å². The molecule has 0 radical (unpaired) electrons. The van der Waals surface area contributed by atoms with Gasteiger partial charge in [-0.15, -0.1) is 6.58 Å². The minimum atomic E-state index is -5.07. The molecular formula is C27H22BrF4N3O. The Labute approximate surface area is 213 Å². The van der Waals surface area contributed by atoms with Gasteiger partial charge in [0.25, 0.3) is 0 Å². The molecule has 0 aliphatic heterocycles. The predicted molar refractivity (Wildman–Crippen MR) is 138 cm³/mol. The molecule has 3 aromatic carbocycles. The number of anilines is 2. The molecule has 4 nitrogen and oxygen atoms in total. The minimum absolute atomic E-state index is 0.123. The number of halogens is 5. The van der Waals surface area contributed by atoms with E-state index in [1.54, 1.807) is 22.8 Å². The van der Waals surface area contributed by atoms with E-state index in [-0.39, 0.29) is 16.5 Å². The van der Waals surface area contributed by atoms with Crippen molar-refractivity contribution in [2.45, 2.75) is 24.7 Å². The third-order valence-electron chi connectivity index (χ3n) is 5.97. The standard InChI is InChI=1S/C27H22BrF4N3O/c1-2-3-12-35-16-23(22-10-5-19(28)14-25(22)35)26(36,27(30,31)32)18-4-11-24(17(13-18)15-33)34-21-8-6-20(29)7-9-21/h2,4-11,13-16,33-34,36H,1,3,12H2. The Kier molecular flexibility index (Phi) is 7.06. The van der Waals surface area contributed by atoms with Crippen LogP contribution in [0.3, 0.4) is 0 Å². The van der Waals surface area contributed by atoms with E-state index in [1.807, 2.05) is 0 Å². The van der Waals surface area contributed by atoms with E-state index in [0.29, 0.717) is 34.3 Å². The molecule has 4 rings (SSSR count). The number of alkyl halides is 3. The van der Waals surface area contributed by atoms with E-state index in [9.17, 15) is 22.7 Å². The van der Waals surface area contributed by atoms with Gasteiger partial charge in [-0.3, -0.25) is 0 Å². The average molecular weight is 560 g/mol. The number of hydrogen-bond acceptors (Lipinski definition) is 3. The molecule has 0 saturated carbocycles. The van der Waals surface area contributed by atoms with Crippen LogP contribution in [0.5, 0.6) is 0 Å². The van der Waals surface area contributed by atoms with Crippen LogP contribution in [0.25, 0.3) is 10.9 Å². The topological polar surface area (TPSA) is 61.0 Å². The quantitative estimate of drug-likeness (QED) is 0.118. The van der Waals surface area contributed by atoms with Crippen LogP contribution < -0.4 is 5.32 Å². The summed E-state index contributed by atoms with van der Waals surface area (Å²) in [4.78, 5) is 0. The van der Waals surface area contributed by atoms with Gasteiger partial charge >= 0.3 is 6.18 Å². The van der Waals surface area contributed by atoms with Crippen LogP contribution in [0.1, 0.15) is 23.1 Å². The summed E-state index contributed by atoms with van der Waals surface area (Å²) in [6, 6.07) is 14.0. The molecule has 3 N–H and O–H groups in total. The number of nitrogens with one attached hydrogen (secondary N) is 2. The predicted octanol–water partition coefficient (Wildman–Crippen LogP) is 7.66. The van der Waals surface area contributed by atoms with E-state index in [0.717, 1.165) is 12.3 Å². The molecule has 0 saturated heterocycles. The maximum absolute atomic E-state index is 14.7. The highest BCUT2D eigenvalue weighted by Crippen LogP contribution is 2.48. The summed E-state index contributed by atoms with van der Waals surface area (Å²) in [6.45, 7) is 4.07. The molecule has 186 valence electrons. The first-order valence-corrected chi connectivity index (χ1v) is 11.7. The number of allylic oxidation sites excluding steroid dienone is 1. The number of hydrogen-bond donors (Lipinski definition) is 3. The lowest BCUT2D eigenvalue weighted by Gasteiger charge is -2.31. The number of aromatic nitrogens is 1. The smallest absolute Gasteiger partial charge is 0.372 e. The van der Waals surface area contributed by atoms with Crippen molar-refractivity contribution in [2.75, 3.05) is 5.32 Å². The van der Waals surface area contributed by atoms with Crippen LogP contribution in [-0.2, 0) is 12.1 Å². The lowest BCUT2D eigenvalue weighted by atomic mass is 9.84. The van der Waals surface area contributed by atoms with Crippen molar-refractivity contribution in [1.82, 2.24) is 4.57 Å². The number of benzene rings is 3. The SMILES string of the molecule is C=CCCn1cc(C(O)(c2ccc(Nc3ccc(F)cc3)c(C=N)c2)C(F)(F)F)c2ccc(Br)cc21. The first-order chi connectivity index (χ1) is 17.1. The van der Waals surface area contributed by atoms with Crippen molar-refractivity contribution in [2.24, 2.45) is 0 Å². The highest BCUT2D eigenvalue weighted by atomic mass is 79.9. The Morgan fingerprint density at radius 3 is 2.42 bits per heavy atom. The third-order valence-corrected chi connectivity index (χ3v) is 6.46.